The molecule has 5 rings (SSSR count). The van der Waals surface area contributed by atoms with Gasteiger partial charge < -0.3 is 10.0 Å². The average Bonchev–Trinajstić information content (AvgIpc) is 3.33. The summed E-state index contributed by atoms with van der Waals surface area (Å²) in [4.78, 5) is 26.8. The van der Waals surface area contributed by atoms with Crippen LogP contribution in [-0.4, -0.2) is 17.0 Å². The van der Waals surface area contributed by atoms with Crippen LogP contribution >= 0.6 is 11.6 Å². The van der Waals surface area contributed by atoms with Crippen molar-refractivity contribution in [3.63, 3.8) is 0 Å². The van der Waals surface area contributed by atoms with E-state index < -0.39 is 16.8 Å². The summed E-state index contributed by atoms with van der Waals surface area (Å²) in [5.74, 6) is -1.50. The predicted octanol–water partition coefficient (Wildman–Crippen LogP) is 5.32. The van der Waals surface area contributed by atoms with Crippen molar-refractivity contribution < 1.29 is 19.1 Å². The zero-order valence-electron chi connectivity index (χ0n) is 16.7. The van der Waals surface area contributed by atoms with Gasteiger partial charge in [-0.25, -0.2) is 9.18 Å². The lowest BCUT2D eigenvalue weighted by Crippen LogP contribution is -2.35. The second kappa shape index (κ2) is 6.66. The number of carbonyl (C=O) groups excluding carboxylic acids is 1. The van der Waals surface area contributed by atoms with Gasteiger partial charge in [-0.3, -0.25) is 4.79 Å². The van der Waals surface area contributed by atoms with Crippen LogP contribution in [0.1, 0.15) is 40.4 Å². The van der Waals surface area contributed by atoms with Crippen LogP contribution in [0, 0.1) is 5.82 Å². The molecule has 1 spiro atoms. The second-order valence-corrected chi connectivity index (χ2v) is 8.92. The number of carboxylic acid groups (broad SMARTS) is 1. The Balaban J connectivity index is 1.58. The molecule has 1 amide bonds. The van der Waals surface area contributed by atoms with E-state index in [1.165, 1.54) is 18.2 Å². The van der Waals surface area contributed by atoms with Crippen molar-refractivity contribution in [2.45, 2.75) is 30.7 Å². The zero-order chi connectivity index (χ0) is 22.0. The Morgan fingerprint density at radius 3 is 2.58 bits per heavy atom. The molecular formula is C25H19ClFNO3. The molecule has 6 heteroatoms. The summed E-state index contributed by atoms with van der Waals surface area (Å²) in [5.41, 5.74) is 1.88. The van der Waals surface area contributed by atoms with E-state index in [-0.39, 0.29) is 23.8 Å². The first-order valence-electron chi connectivity index (χ1n) is 9.96. The van der Waals surface area contributed by atoms with Crippen LogP contribution in [0.2, 0.25) is 5.02 Å². The normalized spacial score (nSPS) is 23.8. The minimum atomic E-state index is -1.02. The third kappa shape index (κ3) is 2.80. The van der Waals surface area contributed by atoms with Crippen LogP contribution < -0.4 is 4.90 Å². The standard InChI is InChI=1S/C25H19ClFNO3/c1-24(17-5-7-18(26)8-6-17)14-25(24)20-12-19(27)9-10-21(20)28(23(25)31)13-15-3-2-4-16(11-15)22(29)30/h2-12H,13-14H2,1H3,(H,29,30). The Hall–Kier alpha value is -3.18. The molecule has 2 aliphatic rings. The Kier molecular flexibility index (Phi) is 4.25. The number of rotatable bonds is 4. The summed E-state index contributed by atoms with van der Waals surface area (Å²) in [5, 5.41) is 9.90. The van der Waals surface area contributed by atoms with Gasteiger partial charge in [0.05, 0.1) is 17.5 Å². The third-order valence-electron chi connectivity index (χ3n) is 6.75. The van der Waals surface area contributed by atoms with Gasteiger partial charge in [-0.1, -0.05) is 42.8 Å². The van der Waals surface area contributed by atoms with Gasteiger partial charge in [-0.05, 0) is 65.6 Å². The highest BCUT2D eigenvalue weighted by molar-refractivity contribution is 6.30. The van der Waals surface area contributed by atoms with Crippen LogP contribution in [0.3, 0.4) is 0 Å². The molecule has 2 unspecified atom stereocenters. The second-order valence-electron chi connectivity index (χ2n) is 8.48. The number of nitrogens with zero attached hydrogens (tertiary/aromatic N) is 1. The number of halogens is 2. The van der Waals surface area contributed by atoms with E-state index in [2.05, 4.69) is 0 Å². The SMILES string of the molecule is CC1(c2ccc(Cl)cc2)CC12C(=O)N(Cc1cccc(C(=O)O)c1)c1ccc(F)cc12. The summed E-state index contributed by atoms with van der Waals surface area (Å²) in [6, 6.07) is 18.4. The molecule has 1 aliphatic carbocycles. The van der Waals surface area contributed by atoms with Crippen molar-refractivity contribution in [3.05, 3.63) is 99.8 Å². The highest BCUT2D eigenvalue weighted by atomic mass is 35.5. The summed E-state index contributed by atoms with van der Waals surface area (Å²) in [7, 11) is 0. The van der Waals surface area contributed by atoms with Gasteiger partial charge in [0.2, 0.25) is 5.91 Å². The maximum atomic E-state index is 14.3. The summed E-state index contributed by atoms with van der Waals surface area (Å²) in [6.45, 7) is 2.24. The molecule has 2 atom stereocenters. The van der Waals surface area contributed by atoms with E-state index in [9.17, 15) is 19.1 Å². The molecule has 0 bridgehead atoms. The fourth-order valence-corrected chi connectivity index (χ4v) is 5.17. The monoisotopic (exact) mass is 435 g/mol. The first-order chi connectivity index (χ1) is 14.8. The molecule has 1 saturated carbocycles. The van der Waals surface area contributed by atoms with Gasteiger partial charge >= 0.3 is 5.97 Å². The Labute approximate surface area is 183 Å². The van der Waals surface area contributed by atoms with Crippen molar-refractivity contribution >= 4 is 29.2 Å². The third-order valence-corrected chi connectivity index (χ3v) is 7.00. The quantitative estimate of drug-likeness (QED) is 0.603. The van der Waals surface area contributed by atoms with E-state index in [4.69, 9.17) is 11.6 Å². The molecule has 0 aromatic heterocycles. The first kappa shape index (κ1) is 19.8. The van der Waals surface area contributed by atoms with E-state index in [1.807, 2.05) is 19.1 Å². The van der Waals surface area contributed by atoms with Gasteiger partial charge in [0, 0.05) is 16.1 Å². The van der Waals surface area contributed by atoms with E-state index in [1.54, 1.807) is 41.3 Å². The molecule has 0 saturated heterocycles. The smallest absolute Gasteiger partial charge is 0.335 e. The number of carbonyl (C=O) groups is 2. The molecular weight excluding hydrogens is 417 g/mol. The minimum Gasteiger partial charge on any atom is -0.478 e. The van der Waals surface area contributed by atoms with Crippen molar-refractivity contribution in [2.24, 2.45) is 0 Å². The highest BCUT2D eigenvalue weighted by Gasteiger charge is 2.74. The molecule has 1 fully saturated rings. The number of carboxylic acids is 1. The van der Waals surface area contributed by atoms with E-state index >= 15 is 0 Å². The zero-order valence-corrected chi connectivity index (χ0v) is 17.5. The van der Waals surface area contributed by atoms with Gasteiger partial charge in [-0.2, -0.15) is 0 Å². The topological polar surface area (TPSA) is 57.6 Å². The lowest BCUT2D eigenvalue weighted by molar-refractivity contribution is -0.120. The van der Waals surface area contributed by atoms with Gasteiger partial charge in [-0.15, -0.1) is 0 Å². The van der Waals surface area contributed by atoms with Gasteiger partial charge in [0.1, 0.15) is 5.82 Å². The maximum absolute atomic E-state index is 14.3. The molecule has 1 N–H and O–H groups in total. The van der Waals surface area contributed by atoms with E-state index in [0.717, 1.165) is 5.56 Å². The lowest BCUT2D eigenvalue weighted by atomic mass is 9.83. The van der Waals surface area contributed by atoms with Crippen LogP contribution in [-0.2, 0) is 22.2 Å². The number of fused-ring (bicyclic) bond motifs is 2. The van der Waals surface area contributed by atoms with Crippen LogP contribution in [0.25, 0.3) is 0 Å². The molecule has 0 radical (unpaired) electrons. The number of hydrogen-bond acceptors (Lipinski definition) is 2. The Morgan fingerprint density at radius 2 is 1.87 bits per heavy atom. The number of amides is 1. The molecule has 3 aromatic rings. The number of hydrogen-bond donors (Lipinski definition) is 1. The molecule has 156 valence electrons. The van der Waals surface area contributed by atoms with Crippen molar-refractivity contribution in [1.29, 1.82) is 0 Å². The van der Waals surface area contributed by atoms with Crippen LogP contribution in [0.15, 0.2) is 66.7 Å². The van der Waals surface area contributed by atoms with Crippen LogP contribution in [0.5, 0.6) is 0 Å². The molecule has 3 aromatic carbocycles. The number of benzene rings is 3. The highest BCUT2D eigenvalue weighted by Crippen LogP contribution is 2.70. The number of anilines is 1. The Bertz CT molecular complexity index is 1240. The fraction of sp³-hybridized carbons (Fsp3) is 0.200. The largest absolute Gasteiger partial charge is 0.478 e. The fourth-order valence-electron chi connectivity index (χ4n) is 5.04. The molecule has 1 aliphatic heterocycles. The summed E-state index contributed by atoms with van der Waals surface area (Å²) >= 11 is 6.05. The van der Waals surface area contributed by atoms with E-state index in [0.29, 0.717) is 28.3 Å². The predicted molar refractivity (Wildman–Crippen MR) is 116 cm³/mol. The minimum absolute atomic E-state index is 0.0914. The first-order valence-corrected chi connectivity index (χ1v) is 10.3. The molecule has 1 heterocycles. The summed E-state index contributed by atoms with van der Waals surface area (Å²) < 4.78 is 14.3. The number of aromatic carboxylic acids is 1. The Morgan fingerprint density at radius 1 is 1.13 bits per heavy atom. The molecule has 4 nitrogen and oxygen atoms in total. The lowest BCUT2D eigenvalue weighted by Gasteiger charge is -2.21. The summed E-state index contributed by atoms with van der Waals surface area (Å²) in [6.07, 6.45) is 0.572. The van der Waals surface area contributed by atoms with Crippen molar-refractivity contribution in [2.75, 3.05) is 4.90 Å². The molecule has 31 heavy (non-hydrogen) atoms. The van der Waals surface area contributed by atoms with Crippen LogP contribution in [0.4, 0.5) is 10.1 Å². The average molecular weight is 436 g/mol. The van der Waals surface area contributed by atoms with Crippen molar-refractivity contribution in [3.8, 4) is 0 Å². The van der Waals surface area contributed by atoms with Gasteiger partial charge in [0.25, 0.3) is 0 Å². The maximum Gasteiger partial charge on any atom is 0.335 e. The van der Waals surface area contributed by atoms with Crippen molar-refractivity contribution in [1.82, 2.24) is 0 Å². The van der Waals surface area contributed by atoms with Gasteiger partial charge in [0.15, 0.2) is 0 Å².